The van der Waals surface area contributed by atoms with Gasteiger partial charge in [0, 0.05) is 5.57 Å². The van der Waals surface area contributed by atoms with Crippen molar-refractivity contribution in [3.05, 3.63) is 95.1 Å². The number of esters is 1. The van der Waals surface area contributed by atoms with Crippen molar-refractivity contribution < 1.29 is 14.6 Å². The van der Waals surface area contributed by atoms with Gasteiger partial charge in [-0.2, -0.15) is 0 Å². The van der Waals surface area contributed by atoms with Crippen molar-refractivity contribution in [2.45, 2.75) is 40.4 Å². The molecule has 3 nitrogen and oxygen atoms in total. The summed E-state index contributed by atoms with van der Waals surface area (Å²) in [5, 5.41) is 9.68. The molecule has 3 aromatic carbocycles. The molecule has 3 rings (SSSR count). The highest BCUT2D eigenvalue weighted by Gasteiger charge is 2.12. The van der Waals surface area contributed by atoms with E-state index in [0.29, 0.717) is 5.57 Å². The first-order valence-electron chi connectivity index (χ1n) is 10.2. The maximum absolute atomic E-state index is 11.8. The van der Waals surface area contributed by atoms with Crippen LogP contribution in [0.5, 0.6) is 0 Å². The van der Waals surface area contributed by atoms with Gasteiger partial charge in [0.25, 0.3) is 0 Å². The molecule has 0 spiro atoms. The highest BCUT2D eigenvalue weighted by atomic mass is 16.5. The third-order valence-electron chi connectivity index (χ3n) is 5.27. The Morgan fingerprint density at radius 2 is 1.53 bits per heavy atom. The standard InChI is InChI=1S/C27H28O3/c1-5-20-14-22(21-8-6-19(4)7-9-21)12-13-26(20)23-10-11-24(16-28)25(15-23)17-30-27(29)18(2)3/h6-15,28H,2,5,16-17H2,1,3-4H3. The van der Waals surface area contributed by atoms with E-state index in [9.17, 15) is 9.90 Å². The predicted molar refractivity (Wildman–Crippen MR) is 122 cm³/mol. The summed E-state index contributed by atoms with van der Waals surface area (Å²) < 4.78 is 5.32. The molecule has 3 heteroatoms. The zero-order chi connectivity index (χ0) is 21.7. The molecule has 0 saturated carbocycles. The molecule has 0 bridgehead atoms. The number of aliphatic hydroxyl groups excluding tert-OH is 1. The van der Waals surface area contributed by atoms with Gasteiger partial charge in [-0.1, -0.05) is 73.7 Å². The van der Waals surface area contributed by atoms with E-state index in [2.05, 4.69) is 62.9 Å². The number of hydrogen-bond donors (Lipinski definition) is 1. The summed E-state index contributed by atoms with van der Waals surface area (Å²) in [6.45, 7) is 9.47. The normalized spacial score (nSPS) is 10.7. The Bertz CT molecular complexity index is 1060. The minimum Gasteiger partial charge on any atom is -0.457 e. The third kappa shape index (κ3) is 4.87. The van der Waals surface area contributed by atoms with Crippen molar-refractivity contribution in [1.82, 2.24) is 0 Å². The molecule has 0 heterocycles. The van der Waals surface area contributed by atoms with Crippen LogP contribution in [0, 0.1) is 6.92 Å². The van der Waals surface area contributed by atoms with Crippen molar-refractivity contribution in [2.24, 2.45) is 0 Å². The Hall–Kier alpha value is -3.17. The Kier molecular flexibility index (Phi) is 6.86. The van der Waals surface area contributed by atoms with Crippen LogP contribution in [0.1, 0.15) is 36.1 Å². The summed E-state index contributed by atoms with van der Waals surface area (Å²) in [7, 11) is 0. The monoisotopic (exact) mass is 400 g/mol. The number of carbonyl (C=O) groups is 1. The largest absolute Gasteiger partial charge is 0.457 e. The Morgan fingerprint density at radius 1 is 0.900 bits per heavy atom. The molecular weight excluding hydrogens is 372 g/mol. The molecule has 0 aliphatic rings. The molecule has 30 heavy (non-hydrogen) atoms. The molecule has 0 fully saturated rings. The Labute approximate surface area is 178 Å². The van der Waals surface area contributed by atoms with Crippen LogP contribution >= 0.6 is 0 Å². The second-order valence-electron chi connectivity index (χ2n) is 7.59. The second-order valence-corrected chi connectivity index (χ2v) is 7.59. The SMILES string of the molecule is C=C(C)C(=O)OCc1cc(-c2ccc(-c3ccc(C)cc3)cc2CC)ccc1CO. The van der Waals surface area contributed by atoms with Gasteiger partial charge >= 0.3 is 5.97 Å². The minimum absolute atomic E-state index is 0.104. The third-order valence-corrected chi connectivity index (χ3v) is 5.27. The summed E-state index contributed by atoms with van der Waals surface area (Å²) in [5.41, 5.74) is 8.98. The van der Waals surface area contributed by atoms with Gasteiger partial charge in [-0.25, -0.2) is 4.79 Å². The number of benzene rings is 3. The summed E-state index contributed by atoms with van der Waals surface area (Å²) in [5.74, 6) is -0.430. The molecule has 1 N–H and O–H groups in total. The lowest BCUT2D eigenvalue weighted by Gasteiger charge is -2.15. The van der Waals surface area contributed by atoms with E-state index in [-0.39, 0.29) is 13.2 Å². The first-order valence-corrected chi connectivity index (χ1v) is 10.2. The van der Waals surface area contributed by atoms with Crippen LogP contribution < -0.4 is 0 Å². The zero-order valence-electron chi connectivity index (χ0n) is 17.9. The van der Waals surface area contributed by atoms with Crippen LogP contribution in [0.2, 0.25) is 0 Å². The lowest BCUT2D eigenvalue weighted by atomic mass is 9.92. The average molecular weight is 401 g/mol. The number of carbonyl (C=O) groups excluding carboxylic acids is 1. The van der Waals surface area contributed by atoms with Crippen molar-refractivity contribution in [2.75, 3.05) is 0 Å². The molecule has 0 aromatic heterocycles. The smallest absolute Gasteiger partial charge is 0.333 e. The van der Waals surface area contributed by atoms with Gasteiger partial charge < -0.3 is 9.84 Å². The maximum Gasteiger partial charge on any atom is 0.333 e. The topological polar surface area (TPSA) is 46.5 Å². The summed E-state index contributed by atoms with van der Waals surface area (Å²) in [6, 6.07) is 21.0. The second kappa shape index (κ2) is 9.55. The molecule has 0 radical (unpaired) electrons. The van der Waals surface area contributed by atoms with Crippen molar-refractivity contribution in [3.8, 4) is 22.3 Å². The number of aryl methyl sites for hydroxylation is 2. The van der Waals surface area contributed by atoms with Gasteiger partial charge in [0.1, 0.15) is 6.61 Å². The van der Waals surface area contributed by atoms with Gasteiger partial charge in [0.05, 0.1) is 6.61 Å². The highest BCUT2D eigenvalue weighted by molar-refractivity contribution is 5.87. The Balaban J connectivity index is 1.96. The summed E-state index contributed by atoms with van der Waals surface area (Å²) >= 11 is 0. The van der Waals surface area contributed by atoms with Crippen LogP contribution in [-0.4, -0.2) is 11.1 Å². The number of aliphatic hydroxyl groups is 1. The lowest BCUT2D eigenvalue weighted by Crippen LogP contribution is -2.07. The zero-order valence-corrected chi connectivity index (χ0v) is 17.9. The first kappa shape index (κ1) is 21.5. The molecule has 0 saturated heterocycles. The van der Waals surface area contributed by atoms with Crippen LogP contribution in [0.25, 0.3) is 22.3 Å². The van der Waals surface area contributed by atoms with E-state index in [1.165, 1.54) is 22.3 Å². The van der Waals surface area contributed by atoms with Gasteiger partial charge in [0.2, 0.25) is 0 Å². The molecule has 3 aromatic rings. The fourth-order valence-electron chi connectivity index (χ4n) is 3.44. The fourth-order valence-corrected chi connectivity index (χ4v) is 3.44. The van der Waals surface area contributed by atoms with Crippen molar-refractivity contribution in [1.29, 1.82) is 0 Å². The number of hydrogen-bond acceptors (Lipinski definition) is 3. The highest BCUT2D eigenvalue weighted by Crippen LogP contribution is 2.31. The van der Waals surface area contributed by atoms with Crippen molar-refractivity contribution in [3.63, 3.8) is 0 Å². The van der Waals surface area contributed by atoms with Crippen molar-refractivity contribution >= 4 is 5.97 Å². The summed E-state index contributed by atoms with van der Waals surface area (Å²) in [6.07, 6.45) is 0.900. The minimum atomic E-state index is -0.430. The van der Waals surface area contributed by atoms with E-state index in [1.54, 1.807) is 6.92 Å². The molecule has 0 aliphatic carbocycles. The first-order chi connectivity index (χ1) is 14.4. The van der Waals surface area contributed by atoms with Gasteiger partial charge in [-0.05, 0) is 65.3 Å². The molecule has 0 amide bonds. The Morgan fingerprint density at radius 3 is 2.17 bits per heavy atom. The number of ether oxygens (including phenoxy) is 1. The van der Waals surface area contributed by atoms with Gasteiger partial charge in [-0.3, -0.25) is 0 Å². The summed E-state index contributed by atoms with van der Waals surface area (Å²) in [4.78, 5) is 11.8. The maximum atomic E-state index is 11.8. The molecule has 0 aliphatic heterocycles. The van der Waals surface area contributed by atoms with E-state index < -0.39 is 5.97 Å². The van der Waals surface area contributed by atoms with Crippen LogP contribution in [0.15, 0.2) is 72.8 Å². The molecular formula is C27H28O3. The van der Waals surface area contributed by atoms with E-state index in [0.717, 1.165) is 28.7 Å². The van der Waals surface area contributed by atoms with Gasteiger partial charge in [-0.15, -0.1) is 0 Å². The van der Waals surface area contributed by atoms with Gasteiger partial charge in [0.15, 0.2) is 0 Å². The molecule has 0 atom stereocenters. The van der Waals surface area contributed by atoms with Crippen LogP contribution in [-0.2, 0) is 29.2 Å². The predicted octanol–water partition coefficient (Wildman–Crippen LogP) is 6.00. The fraction of sp³-hybridized carbons (Fsp3) is 0.222. The quantitative estimate of drug-likeness (QED) is 0.391. The van der Waals surface area contributed by atoms with Crippen LogP contribution in [0.3, 0.4) is 0 Å². The van der Waals surface area contributed by atoms with E-state index in [4.69, 9.17) is 4.74 Å². The lowest BCUT2D eigenvalue weighted by molar-refractivity contribution is -0.140. The molecule has 154 valence electrons. The van der Waals surface area contributed by atoms with Crippen LogP contribution in [0.4, 0.5) is 0 Å². The number of rotatable bonds is 7. The van der Waals surface area contributed by atoms with E-state index in [1.807, 2.05) is 18.2 Å². The average Bonchev–Trinajstić information content (AvgIpc) is 2.77. The molecule has 0 unspecified atom stereocenters. The van der Waals surface area contributed by atoms with E-state index >= 15 is 0 Å².